The molecule has 0 fully saturated rings. The summed E-state index contributed by atoms with van der Waals surface area (Å²) in [6, 6.07) is 4.60. The predicted octanol–water partition coefficient (Wildman–Crippen LogP) is 1.97. The van der Waals surface area contributed by atoms with Crippen molar-refractivity contribution in [1.29, 1.82) is 0 Å². The summed E-state index contributed by atoms with van der Waals surface area (Å²) in [5, 5.41) is 2.79. The van der Waals surface area contributed by atoms with E-state index in [0.717, 1.165) is 18.6 Å². The highest BCUT2D eigenvalue weighted by atomic mass is 19.4. The lowest BCUT2D eigenvalue weighted by Crippen LogP contribution is -2.36. The number of anilines is 1. The highest BCUT2D eigenvalue weighted by Crippen LogP contribution is 2.29. The van der Waals surface area contributed by atoms with E-state index < -0.39 is 11.7 Å². The maximum Gasteiger partial charge on any atom is 0.416 e. The molecule has 8 heteroatoms. The van der Waals surface area contributed by atoms with Gasteiger partial charge >= 0.3 is 6.18 Å². The summed E-state index contributed by atoms with van der Waals surface area (Å²) in [6.45, 7) is 1.06. The van der Waals surface area contributed by atoms with Crippen LogP contribution in [0.2, 0.25) is 0 Å². The molecule has 0 aromatic heterocycles. The predicted molar refractivity (Wildman–Crippen MR) is 71.2 cm³/mol. The molecule has 0 aliphatic rings. The van der Waals surface area contributed by atoms with Gasteiger partial charge in [0.1, 0.15) is 0 Å². The minimum absolute atomic E-state index is 0.279. The third-order valence-electron chi connectivity index (χ3n) is 2.39. The van der Waals surface area contributed by atoms with E-state index in [1.807, 2.05) is 0 Å². The van der Waals surface area contributed by atoms with E-state index in [2.05, 4.69) is 15.7 Å². The number of hydrogen-bond donors (Lipinski definition) is 3. The molecule has 5 nitrogen and oxygen atoms in total. The fraction of sp³-hybridized carbons (Fsp3) is 0.417. The van der Waals surface area contributed by atoms with Gasteiger partial charge in [0, 0.05) is 25.9 Å². The molecular formula is C12H17F3N4O. The minimum atomic E-state index is -4.35. The fourth-order valence-corrected chi connectivity index (χ4v) is 1.40. The van der Waals surface area contributed by atoms with Crippen LogP contribution in [0.1, 0.15) is 12.0 Å². The van der Waals surface area contributed by atoms with Gasteiger partial charge in [0.2, 0.25) is 5.96 Å². The van der Waals surface area contributed by atoms with E-state index in [0.29, 0.717) is 18.8 Å². The number of nitrogens with one attached hydrogen (secondary N) is 2. The highest BCUT2D eigenvalue weighted by molar-refractivity contribution is 5.93. The fourth-order valence-electron chi connectivity index (χ4n) is 1.40. The van der Waals surface area contributed by atoms with Gasteiger partial charge in [-0.3, -0.25) is 10.4 Å². The molecule has 0 unspecified atom stereocenters. The first-order chi connectivity index (χ1) is 9.47. The number of rotatable bonds is 5. The molecule has 0 aliphatic heterocycles. The molecule has 1 aromatic rings. The third kappa shape index (κ3) is 5.45. The Balaban J connectivity index is 2.61. The van der Waals surface area contributed by atoms with Crippen molar-refractivity contribution in [2.75, 3.05) is 25.6 Å². The summed E-state index contributed by atoms with van der Waals surface area (Å²) in [5.41, 5.74) is 2.10. The van der Waals surface area contributed by atoms with Crippen molar-refractivity contribution in [3.63, 3.8) is 0 Å². The Hall–Kier alpha value is -1.80. The number of guanidine groups is 1. The van der Waals surface area contributed by atoms with Gasteiger partial charge in [0.05, 0.1) is 5.56 Å². The molecule has 0 radical (unpaired) electrons. The van der Waals surface area contributed by atoms with E-state index in [1.54, 1.807) is 7.11 Å². The number of nitrogens with zero attached hydrogens (tertiary/aromatic N) is 1. The van der Waals surface area contributed by atoms with E-state index in [1.165, 1.54) is 12.1 Å². The largest absolute Gasteiger partial charge is 0.416 e. The molecule has 1 rings (SSSR count). The van der Waals surface area contributed by atoms with Gasteiger partial charge in [-0.15, -0.1) is 0 Å². The maximum atomic E-state index is 12.4. The third-order valence-corrected chi connectivity index (χ3v) is 2.39. The second kappa shape index (κ2) is 7.71. The van der Waals surface area contributed by atoms with Crippen molar-refractivity contribution in [3.05, 3.63) is 29.8 Å². The second-order valence-electron chi connectivity index (χ2n) is 3.92. The molecule has 0 aliphatic carbocycles. The summed E-state index contributed by atoms with van der Waals surface area (Å²) < 4.78 is 42.1. The molecule has 4 N–H and O–H groups in total. The van der Waals surface area contributed by atoms with Crippen LogP contribution >= 0.6 is 0 Å². The Kier molecular flexibility index (Phi) is 6.26. The molecule has 112 valence electrons. The van der Waals surface area contributed by atoms with Crippen LogP contribution in [0.3, 0.4) is 0 Å². The van der Waals surface area contributed by atoms with Crippen molar-refractivity contribution in [1.82, 2.24) is 5.43 Å². The summed E-state index contributed by atoms with van der Waals surface area (Å²) in [4.78, 5) is 4.11. The Morgan fingerprint density at radius 2 is 1.95 bits per heavy atom. The van der Waals surface area contributed by atoms with Crippen LogP contribution in [0.25, 0.3) is 0 Å². The maximum absolute atomic E-state index is 12.4. The lowest BCUT2D eigenvalue weighted by atomic mass is 10.2. The van der Waals surface area contributed by atoms with Crippen LogP contribution in [0.4, 0.5) is 18.9 Å². The van der Waals surface area contributed by atoms with Gasteiger partial charge in [-0.2, -0.15) is 13.2 Å². The van der Waals surface area contributed by atoms with Crippen LogP contribution in [-0.2, 0) is 10.9 Å². The topological polar surface area (TPSA) is 71.7 Å². The number of alkyl halides is 3. The zero-order chi connectivity index (χ0) is 15.0. The van der Waals surface area contributed by atoms with Crippen LogP contribution in [0.15, 0.2) is 29.3 Å². The van der Waals surface area contributed by atoms with Crippen molar-refractivity contribution < 1.29 is 17.9 Å². The molecule has 0 bridgehead atoms. The van der Waals surface area contributed by atoms with Crippen molar-refractivity contribution >= 4 is 11.6 Å². The second-order valence-corrected chi connectivity index (χ2v) is 3.92. The van der Waals surface area contributed by atoms with E-state index in [-0.39, 0.29) is 5.96 Å². The van der Waals surface area contributed by atoms with Gasteiger partial charge in [0.15, 0.2) is 0 Å². The first-order valence-electron chi connectivity index (χ1n) is 5.91. The summed E-state index contributed by atoms with van der Waals surface area (Å²) in [6.07, 6.45) is -3.63. The average molecular weight is 290 g/mol. The summed E-state index contributed by atoms with van der Waals surface area (Å²) in [5.74, 6) is 5.56. The Labute approximate surface area is 115 Å². The van der Waals surface area contributed by atoms with Crippen molar-refractivity contribution in [3.8, 4) is 0 Å². The van der Waals surface area contributed by atoms with Gasteiger partial charge in [0.25, 0.3) is 0 Å². The molecule has 20 heavy (non-hydrogen) atoms. The average Bonchev–Trinajstić information content (AvgIpc) is 2.42. The quantitative estimate of drug-likeness (QED) is 0.255. The minimum Gasteiger partial charge on any atom is -0.385 e. The number of halogens is 3. The summed E-state index contributed by atoms with van der Waals surface area (Å²) in [7, 11) is 1.59. The highest BCUT2D eigenvalue weighted by Gasteiger charge is 2.29. The molecule has 0 atom stereocenters. The van der Waals surface area contributed by atoms with E-state index in [9.17, 15) is 13.2 Å². The van der Waals surface area contributed by atoms with Crippen LogP contribution in [-0.4, -0.2) is 26.2 Å². The van der Waals surface area contributed by atoms with Gasteiger partial charge < -0.3 is 10.1 Å². The Morgan fingerprint density at radius 1 is 1.30 bits per heavy atom. The molecule has 1 aromatic carbocycles. The molecule has 0 spiro atoms. The van der Waals surface area contributed by atoms with E-state index in [4.69, 9.17) is 10.6 Å². The number of nitrogens with two attached hydrogens (primary N) is 1. The number of hydrogen-bond acceptors (Lipinski definition) is 3. The molecular weight excluding hydrogens is 273 g/mol. The molecule has 0 saturated heterocycles. The van der Waals surface area contributed by atoms with Crippen molar-refractivity contribution in [2.45, 2.75) is 12.6 Å². The number of methoxy groups -OCH3 is 1. The Bertz CT molecular complexity index is 431. The van der Waals surface area contributed by atoms with Crippen LogP contribution < -0.4 is 16.6 Å². The van der Waals surface area contributed by atoms with Crippen molar-refractivity contribution in [2.24, 2.45) is 10.8 Å². The van der Waals surface area contributed by atoms with Crippen LogP contribution in [0.5, 0.6) is 0 Å². The lowest BCUT2D eigenvalue weighted by Gasteiger charge is -2.11. The zero-order valence-corrected chi connectivity index (χ0v) is 11.0. The van der Waals surface area contributed by atoms with Gasteiger partial charge in [-0.05, 0) is 30.7 Å². The number of hydrazine groups is 1. The van der Waals surface area contributed by atoms with Gasteiger partial charge in [-0.25, -0.2) is 5.84 Å². The standard InChI is InChI=1S/C12H17F3N4O/c1-20-8-2-7-17-11(19-16)18-10-5-3-9(4-6-10)12(13,14)15/h3-6H,2,7-8,16H2,1H3,(H2,17,18,19). The number of benzene rings is 1. The monoisotopic (exact) mass is 290 g/mol. The number of ether oxygens (including phenoxy) is 1. The smallest absolute Gasteiger partial charge is 0.385 e. The molecule has 0 saturated carbocycles. The molecule has 0 heterocycles. The van der Waals surface area contributed by atoms with Crippen LogP contribution in [0, 0.1) is 0 Å². The van der Waals surface area contributed by atoms with E-state index >= 15 is 0 Å². The Morgan fingerprint density at radius 3 is 2.45 bits per heavy atom. The lowest BCUT2D eigenvalue weighted by molar-refractivity contribution is -0.137. The summed E-state index contributed by atoms with van der Waals surface area (Å²) >= 11 is 0. The first-order valence-corrected chi connectivity index (χ1v) is 5.91. The number of aliphatic imine (C=N–C) groups is 1. The molecule has 0 amide bonds. The normalized spacial score (nSPS) is 12.3. The first kappa shape index (κ1) is 16.3. The van der Waals surface area contributed by atoms with Gasteiger partial charge in [-0.1, -0.05) is 0 Å². The zero-order valence-electron chi connectivity index (χ0n) is 11.0. The SMILES string of the molecule is COCCCN=C(NN)Nc1ccc(C(F)(F)F)cc1.